The van der Waals surface area contributed by atoms with Gasteiger partial charge in [0.1, 0.15) is 22.4 Å². The van der Waals surface area contributed by atoms with Gasteiger partial charge in [0.15, 0.2) is 29.3 Å². The summed E-state index contributed by atoms with van der Waals surface area (Å²) in [6, 6.07) is 1.29. The number of aryl methyl sites for hydroxylation is 1. The van der Waals surface area contributed by atoms with Crippen LogP contribution in [0.5, 0.6) is 28.7 Å². The highest BCUT2D eigenvalue weighted by Gasteiger charge is 2.45. The van der Waals surface area contributed by atoms with Gasteiger partial charge in [0.05, 0.1) is 5.56 Å². The molecule has 0 aromatic heterocycles. The van der Waals surface area contributed by atoms with Crippen molar-refractivity contribution < 1.29 is 57.2 Å². The van der Waals surface area contributed by atoms with E-state index in [1.54, 1.807) is 0 Å². The highest BCUT2D eigenvalue weighted by atomic mass is 16.7. The van der Waals surface area contributed by atoms with E-state index in [0.717, 1.165) is 20.8 Å². The van der Waals surface area contributed by atoms with Crippen molar-refractivity contribution in [3.63, 3.8) is 0 Å². The number of hydrogen-bond donors (Lipinski definition) is 0. The highest BCUT2D eigenvalue weighted by Crippen LogP contribution is 2.54. The first kappa shape index (κ1) is 24.4. The minimum absolute atomic E-state index is 0.0195. The zero-order valence-electron chi connectivity index (χ0n) is 19.6. The van der Waals surface area contributed by atoms with Gasteiger partial charge >= 0.3 is 29.8 Å². The Balaban J connectivity index is 2.07. The average molecular weight is 498 g/mol. The monoisotopic (exact) mass is 498 g/mol. The molecular formula is C24H18O12. The molecule has 12 heteroatoms. The van der Waals surface area contributed by atoms with Gasteiger partial charge in [-0.15, -0.1) is 0 Å². The first-order chi connectivity index (χ1) is 16.9. The summed E-state index contributed by atoms with van der Waals surface area (Å²) < 4.78 is 32.2. The number of cyclic esters (lactones) is 1. The van der Waals surface area contributed by atoms with Crippen molar-refractivity contribution >= 4 is 36.1 Å². The van der Waals surface area contributed by atoms with Gasteiger partial charge in [0.25, 0.3) is 6.29 Å². The van der Waals surface area contributed by atoms with Crippen molar-refractivity contribution in [2.45, 2.75) is 40.9 Å². The molecule has 0 aliphatic carbocycles. The Bertz CT molecular complexity index is 1400. The van der Waals surface area contributed by atoms with E-state index in [-0.39, 0.29) is 62.1 Å². The van der Waals surface area contributed by atoms with E-state index in [1.165, 1.54) is 19.9 Å². The van der Waals surface area contributed by atoms with Crippen LogP contribution in [0.15, 0.2) is 6.07 Å². The maximum atomic E-state index is 13.2. The van der Waals surface area contributed by atoms with Crippen LogP contribution in [0.2, 0.25) is 0 Å². The van der Waals surface area contributed by atoms with Gasteiger partial charge in [0, 0.05) is 26.3 Å². The molecule has 0 N–H and O–H groups in total. The Morgan fingerprint density at radius 1 is 0.861 bits per heavy atom. The van der Waals surface area contributed by atoms with Crippen LogP contribution in [-0.2, 0) is 23.9 Å². The van der Waals surface area contributed by atoms with Crippen LogP contribution < -0.4 is 18.9 Å². The summed E-state index contributed by atoms with van der Waals surface area (Å²) in [6.45, 7) is 6.18. The van der Waals surface area contributed by atoms with Crippen LogP contribution >= 0.6 is 0 Å². The van der Waals surface area contributed by atoms with E-state index < -0.39 is 36.1 Å². The quantitative estimate of drug-likeness (QED) is 0.345. The van der Waals surface area contributed by atoms with Gasteiger partial charge in [0.2, 0.25) is 0 Å². The predicted molar refractivity (Wildman–Crippen MR) is 115 cm³/mol. The van der Waals surface area contributed by atoms with Gasteiger partial charge in [-0.1, -0.05) is 0 Å². The normalized spacial score (nSPS) is 15.2. The number of esters is 5. The number of carbonyl (C=O) groups is 6. The lowest BCUT2D eigenvalue weighted by Crippen LogP contribution is -2.13. The highest BCUT2D eigenvalue weighted by molar-refractivity contribution is 6.04. The second-order valence-electron chi connectivity index (χ2n) is 7.85. The third-order valence-electron chi connectivity index (χ3n) is 5.25. The van der Waals surface area contributed by atoms with E-state index in [9.17, 15) is 28.8 Å². The van der Waals surface area contributed by atoms with Crippen molar-refractivity contribution in [1.29, 1.82) is 0 Å². The lowest BCUT2D eigenvalue weighted by Gasteiger charge is -2.19. The summed E-state index contributed by atoms with van der Waals surface area (Å²) in [5, 5.41) is 0. The third-order valence-corrected chi connectivity index (χ3v) is 5.25. The first-order valence-electron chi connectivity index (χ1n) is 10.4. The molecule has 12 nitrogen and oxygen atoms in total. The molecule has 36 heavy (non-hydrogen) atoms. The lowest BCUT2D eigenvalue weighted by molar-refractivity contribution is -0.165. The maximum Gasteiger partial charge on any atom is 0.347 e. The minimum atomic E-state index is -1.65. The minimum Gasteiger partial charge on any atom is -0.451 e. The van der Waals surface area contributed by atoms with Gasteiger partial charge in [-0.2, -0.15) is 0 Å². The number of ether oxygens (including phenoxy) is 6. The fourth-order valence-corrected chi connectivity index (χ4v) is 3.92. The predicted octanol–water partition coefficient (Wildman–Crippen LogP) is 3.02. The summed E-state index contributed by atoms with van der Waals surface area (Å²) in [6.07, 6.45) is -1.33. The van der Waals surface area contributed by atoms with Gasteiger partial charge < -0.3 is 28.4 Å². The summed E-state index contributed by atoms with van der Waals surface area (Å²) in [5.74, 6) is -5.67. The van der Waals surface area contributed by atoms with Crippen molar-refractivity contribution in [2.24, 2.45) is 0 Å². The Morgan fingerprint density at radius 2 is 1.53 bits per heavy atom. The number of carbonyl (C=O) groups excluding carboxylic acids is 6. The van der Waals surface area contributed by atoms with Gasteiger partial charge in [-0.25, -0.2) is 9.59 Å². The van der Waals surface area contributed by atoms with E-state index in [2.05, 4.69) is 0 Å². The summed E-state index contributed by atoms with van der Waals surface area (Å²) in [7, 11) is 0. The molecule has 0 radical (unpaired) electrons. The number of hydrogen-bond acceptors (Lipinski definition) is 12. The molecule has 0 bridgehead atoms. The standard InChI is InChI=1S/C24H18O12/c1-8-6-14(31-10(3)26)13(7-25)20-15(8)22(29)35-19-9(2)18(32-11(4)27)16-17(21(19)34-20)24(33-12(5)28)36-23(16)30/h6-7,24H,1-5H3/t24-/m0/s1. The SMILES string of the molecule is CC(=O)Oc1cc(C)c2c(c1C=O)Oc1c(c(C)c(OC(C)=O)c3c1[C@@H](OC(C)=O)OC3=O)OC2=O. The molecule has 0 spiro atoms. The molecule has 186 valence electrons. The maximum absolute atomic E-state index is 13.2. The Labute approximate surface area is 203 Å². The molecule has 2 aromatic rings. The molecule has 2 aromatic carbocycles. The van der Waals surface area contributed by atoms with Crippen molar-refractivity contribution in [3.05, 3.63) is 39.4 Å². The second-order valence-corrected chi connectivity index (χ2v) is 7.85. The molecule has 0 saturated heterocycles. The Kier molecular flexibility index (Phi) is 5.96. The largest absolute Gasteiger partial charge is 0.451 e. The van der Waals surface area contributed by atoms with E-state index in [4.69, 9.17) is 28.4 Å². The smallest absolute Gasteiger partial charge is 0.347 e. The zero-order chi connectivity index (χ0) is 26.5. The molecule has 0 amide bonds. The summed E-state index contributed by atoms with van der Waals surface area (Å²) in [5.41, 5.74) is -0.706. The Hall–Kier alpha value is -4.74. The fraction of sp³-hybridized carbons (Fsp3) is 0.250. The molecule has 0 fully saturated rings. The second kappa shape index (κ2) is 8.80. The summed E-state index contributed by atoms with van der Waals surface area (Å²) >= 11 is 0. The average Bonchev–Trinajstić information content (AvgIpc) is 2.97. The molecular weight excluding hydrogens is 480 g/mol. The molecule has 1 atom stereocenters. The number of fused-ring (bicyclic) bond motifs is 4. The van der Waals surface area contributed by atoms with E-state index in [0.29, 0.717) is 6.29 Å². The molecule has 2 heterocycles. The van der Waals surface area contributed by atoms with Crippen LogP contribution in [0.4, 0.5) is 0 Å². The van der Waals surface area contributed by atoms with E-state index in [1.807, 2.05) is 0 Å². The fourth-order valence-electron chi connectivity index (χ4n) is 3.92. The number of benzene rings is 2. The molecule has 4 rings (SSSR count). The topological polar surface area (TPSA) is 158 Å². The number of rotatable bonds is 4. The molecule has 0 unspecified atom stereocenters. The van der Waals surface area contributed by atoms with Crippen LogP contribution in [-0.4, -0.2) is 36.1 Å². The molecule has 2 aliphatic heterocycles. The van der Waals surface area contributed by atoms with Crippen LogP contribution in [0.3, 0.4) is 0 Å². The summed E-state index contributed by atoms with van der Waals surface area (Å²) in [4.78, 5) is 73.1. The number of aldehydes is 1. The Morgan fingerprint density at radius 3 is 2.11 bits per heavy atom. The van der Waals surface area contributed by atoms with Crippen molar-refractivity contribution in [1.82, 2.24) is 0 Å². The molecule has 2 aliphatic rings. The van der Waals surface area contributed by atoms with Crippen LogP contribution in [0, 0.1) is 13.8 Å². The van der Waals surface area contributed by atoms with Crippen LogP contribution in [0.1, 0.15) is 74.8 Å². The van der Waals surface area contributed by atoms with E-state index >= 15 is 0 Å². The van der Waals surface area contributed by atoms with Crippen molar-refractivity contribution in [3.8, 4) is 28.7 Å². The molecule has 0 saturated carbocycles. The third kappa shape index (κ3) is 3.91. The van der Waals surface area contributed by atoms with Gasteiger partial charge in [-0.05, 0) is 25.5 Å². The van der Waals surface area contributed by atoms with Crippen LogP contribution in [0.25, 0.3) is 0 Å². The first-order valence-corrected chi connectivity index (χ1v) is 10.4. The zero-order valence-corrected chi connectivity index (χ0v) is 19.6. The lowest BCUT2D eigenvalue weighted by atomic mass is 10.0. The van der Waals surface area contributed by atoms with Crippen molar-refractivity contribution in [2.75, 3.05) is 0 Å². The van der Waals surface area contributed by atoms with Gasteiger partial charge in [-0.3, -0.25) is 19.2 Å².